The third kappa shape index (κ3) is 7.09. The topological polar surface area (TPSA) is 51.2 Å². The standard InChI is InChI=1S/C28H31FN2O4S.ClH/c1-30(16-18-35-25-11-6-4-9-22(25)29)15-8-17-34-24-14-13-20(33-3)19-21(24)27-28(32)31(2)23-10-5-7-12-26(23)36-27;/h4-7,9-14,19,27H,8,15-18H2,1-3H3;1H. The fourth-order valence-electron chi connectivity index (χ4n) is 3.99. The summed E-state index contributed by atoms with van der Waals surface area (Å²) in [6, 6.07) is 19.9. The van der Waals surface area contributed by atoms with Crippen molar-refractivity contribution in [1.29, 1.82) is 0 Å². The van der Waals surface area contributed by atoms with Crippen molar-refractivity contribution in [2.24, 2.45) is 0 Å². The number of carbonyl (C=O) groups excluding carboxylic acids is 1. The smallest absolute Gasteiger partial charge is 0.244 e. The van der Waals surface area contributed by atoms with Gasteiger partial charge in [0.1, 0.15) is 23.4 Å². The molecule has 0 spiro atoms. The second kappa shape index (κ2) is 13.6. The van der Waals surface area contributed by atoms with E-state index >= 15 is 0 Å². The average Bonchev–Trinajstić information content (AvgIpc) is 2.90. The number of nitrogens with zero attached hydrogens (tertiary/aromatic N) is 2. The van der Waals surface area contributed by atoms with Gasteiger partial charge in [-0.2, -0.15) is 0 Å². The Morgan fingerprint density at radius 3 is 2.49 bits per heavy atom. The molecule has 3 aromatic carbocycles. The van der Waals surface area contributed by atoms with Crippen LogP contribution in [0.25, 0.3) is 0 Å². The Morgan fingerprint density at radius 1 is 0.973 bits per heavy atom. The van der Waals surface area contributed by atoms with Crippen molar-refractivity contribution in [2.45, 2.75) is 16.6 Å². The molecule has 1 atom stereocenters. The SMILES string of the molecule is COc1ccc(OCCCN(C)CCOc2ccccc2F)c(C2Sc3ccccc3N(C)C2=O)c1.Cl. The van der Waals surface area contributed by atoms with Gasteiger partial charge in [-0.25, -0.2) is 4.39 Å². The summed E-state index contributed by atoms with van der Waals surface area (Å²) in [5.74, 6) is 1.28. The van der Waals surface area contributed by atoms with E-state index in [4.69, 9.17) is 14.2 Å². The van der Waals surface area contributed by atoms with Gasteiger partial charge in [-0.3, -0.25) is 4.79 Å². The lowest BCUT2D eigenvalue weighted by atomic mass is 10.1. The number of ether oxygens (including phenoxy) is 3. The second-order valence-electron chi connectivity index (χ2n) is 8.55. The summed E-state index contributed by atoms with van der Waals surface area (Å²) in [5, 5.41) is -0.423. The van der Waals surface area contributed by atoms with E-state index in [9.17, 15) is 9.18 Å². The van der Waals surface area contributed by atoms with Gasteiger partial charge in [0, 0.05) is 30.6 Å². The molecule has 0 fully saturated rings. The van der Waals surface area contributed by atoms with Crippen LogP contribution in [0.2, 0.25) is 0 Å². The molecule has 1 unspecified atom stereocenters. The summed E-state index contributed by atoms with van der Waals surface area (Å²) in [6.45, 7) is 2.35. The Balaban J connectivity index is 0.00000380. The molecule has 198 valence electrons. The fourth-order valence-corrected chi connectivity index (χ4v) is 5.30. The predicted octanol–water partition coefficient (Wildman–Crippen LogP) is 5.85. The van der Waals surface area contributed by atoms with Crippen molar-refractivity contribution in [3.63, 3.8) is 0 Å². The second-order valence-corrected chi connectivity index (χ2v) is 9.70. The van der Waals surface area contributed by atoms with Crippen LogP contribution in [0.1, 0.15) is 17.2 Å². The van der Waals surface area contributed by atoms with E-state index in [0.717, 1.165) is 29.1 Å². The Labute approximate surface area is 228 Å². The molecule has 0 saturated carbocycles. The number of likely N-dealkylation sites (N-methyl/N-ethyl adjacent to an activating group) is 2. The average molecular weight is 547 g/mol. The molecule has 0 aliphatic carbocycles. The minimum absolute atomic E-state index is 0. The number of fused-ring (bicyclic) bond motifs is 1. The van der Waals surface area contributed by atoms with Gasteiger partial charge in [-0.05, 0) is 55.9 Å². The number of carbonyl (C=O) groups is 1. The van der Waals surface area contributed by atoms with Crippen LogP contribution in [0.3, 0.4) is 0 Å². The normalized spacial score (nSPS) is 14.7. The number of methoxy groups -OCH3 is 1. The number of para-hydroxylation sites is 2. The molecule has 4 rings (SSSR count). The van der Waals surface area contributed by atoms with Crippen molar-refractivity contribution in [3.05, 3.63) is 78.1 Å². The van der Waals surface area contributed by atoms with E-state index in [2.05, 4.69) is 4.90 Å². The fraction of sp³-hybridized carbons (Fsp3) is 0.321. The zero-order valence-corrected chi connectivity index (χ0v) is 22.8. The lowest BCUT2D eigenvalue weighted by Gasteiger charge is -2.32. The van der Waals surface area contributed by atoms with Gasteiger partial charge < -0.3 is 24.0 Å². The monoisotopic (exact) mass is 546 g/mol. The van der Waals surface area contributed by atoms with Crippen LogP contribution in [0.5, 0.6) is 17.2 Å². The van der Waals surface area contributed by atoms with Gasteiger partial charge in [0.05, 0.1) is 19.4 Å². The highest BCUT2D eigenvalue weighted by Gasteiger charge is 2.34. The van der Waals surface area contributed by atoms with E-state index in [-0.39, 0.29) is 29.9 Å². The van der Waals surface area contributed by atoms with Crippen molar-refractivity contribution in [2.75, 3.05) is 52.4 Å². The lowest BCUT2D eigenvalue weighted by Crippen LogP contribution is -2.33. The number of amides is 1. The Bertz CT molecular complexity index is 1200. The minimum Gasteiger partial charge on any atom is -0.497 e. The van der Waals surface area contributed by atoms with E-state index in [0.29, 0.717) is 31.3 Å². The van der Waals surface area contributed by atoms with E-state index in [1.807, 2.05) is 49.5 Å². The van der Waals surface area contributed by atoms with Crippen LogP contribution in [0.15, 0.2) is 71.6 Å². The van der Waals surface area contributed by atoms with Crippen LogP contribution >= 0.6 is 24.2 Å². The zero-order valence-electron chi connectivity index (χ0n) is 21.2. The maximum Gasteiger partial charge on any atom is 0.244 e. The van der Waals surface area contributed by atoms with Crippen LogP contribution < -0.4 is 19.1 Å². The number of hydrogen-bond acceptors (Lipinski definition) is 6. The molecule has 37 heavy (non-hydrogen) atoms. The summed E-state index contributed by atoms with van der Waals surface area (Å²) in [4.78, 5) is 18.1. The molecule has 1 amide bonds. The zero-order chi connectivity index (χ0) is 25.5. The first-order valence-corrected chi connectivity index (χ1v) is 12.8. The molecule has 0 aromatic heterocycles. The first kappa shape index (κ1) is 28.6. The van der Waals surface area contributed by atoms with Gasteiger partial charge >= 0.3 is 0 Å². The molecule has 0 N–H and O–H groups in total. The van der Waals surface area contributed by atoms with E-state index in [1.165, 1.54) is 17.8 Å². The lowest BCUT2D eigenvalue weighted by molar-refractivity contribution is -0.118. The highest BCUT2D eigenvalue weighted by atomic mass is 35.5. The van der Waals surface area contributed by atoms with Crippen molar-refractivity contribution in [1.82, 2.24) is 4.90 Å². The molecule has 0 radical (unpaired) electrons. The van der Waals surface area contributed by atoms with Gasteiger partial charge in [0.25, 0.3) is 0 Å². The van der Waals surface area contributed by atoms with Crippen molar-refractivity contribution < 1.29 is 23.4 Å². The minimum atomic E-state index is -0.423. The summed E-state index contributed by atoms with van der Waals surface area (Å²) >= 11 is 1.53. The summed E-state index contributed by atoms with van der Waals surface area (Å²) in [6.07, 6.45) is 0.788. The van der Waals surface area contributed by atoms with E-state index in [1.54, 1.807) is 37.3 Å². The highest BCUT2D eigenvalue weighted by Crippen LogP contribution is 2.48. The summed E-state index contributed by atoms with van der Waals surface area (Å²) < 4.78 is 30.8. The predicted molar refractivity (Wildman–Crippen MR) is 148 cm³/mol. The maximum atomic E-state index is 13.7. The first-order chi connectivity index (χ1) is 17.5. The van der Waals surface area contributed by atoms with Crippen molar-refractivity contribution >= 4 is 35.8 Å². The number of benzene rings is 3. The Morgan fingerprint density at radius 2 is 1.70 bits per heavy atom. The molecule has 1 heterocycles. The van der Waals surface area contributed by atoms with Gasteiger partial charge in [-0.15, -0.1) is 24.2 Å². The maximum absolute atomic E-state index is 13.7. The quantitative estimate of drug-likeness (QED) is 0.281. The number of halogens is 2. The first-order valence-electron chi connectivity index (χ1n) is 11.9. The number of hydrogen-bond donors (Lipinski definition) is 0. The Hall–Kier alpha value is -2.94. The molecule has 0 saturated heterocycles. The highest BCUT2D eigenvalue weighted by molar-refractivity contribution is 8.00. The van der Waals surface area contributed by atoms with Crippen LogP contribution in [0, 0.1) is 5.82 Å². The number of anilines is 1. The van der Waals surface area contributed by atoms with E-state index < -0.39 is 5.25 Å². The molecular weight excluding hydrogens is 515 g/mol. The summed E-state index contributed by atoms with van der Waals surface area (Å²) in [7, 11) is 5.41. The largest absolute Gasteiger partial charge is 0.497 e. The van der Waals surface area contributed by atoms with Gasteiger partial charge in [0.2, 0.25) is 5.91 Å². The van der Waals surface area contributed by atoms with Gasteiger partial charge in [-0.1, -0.05) is 24.3 Å². The third-order valence-corrected chi connectivity index (χ3v) is 7.33. The van der Waals surface area contributed by atoms with Crippen LogP contribution in [-0.2, 0) is 4.79 Å². The molecule has 1 aliphatic heterocycles. The van der Waals surface area contributed by atoms with Crippen LogP contribution in [0.4, 0.5) is 10.1 Å². The Kier molecular flexibility index (Phi) is 10.5. The number of rotatable bonds is 11. The molecule has 0 bridgehead atoms. The summed E-state index contributed by atoms with van der Waals surface area (Å²) in [5.41, 5.74) is 1.72. The van der Waals surface area contributed by atoms with Crippen LogP contribution in [-0.4, -0.2) is 58.3 Å². The van der Waals surface area contributed by atoms with Crippen molar-refractivity contribution in [3.8, 4) is 17.2 Å². The molecule has 6 nitrogen and oxygen atoms in total. The third-order valence-electron chi connectivity index (χ3n) is 6.03. The van der Waals surface area contributed by atoms with Gasteiger partial charge in [0.15, 0.2) is 11.6 Å². The molecular formula is C28H32ClFN2O4S. The number of thioether (sulfide) groups is 1. The molecule has 3 aromatic rings. The molecule has 9 heteroatoms. The molecule has 1 aliphatic rings.